The van der Waals surface area contributed by atoms with Crippen LogP contribution in [0.2, 0.25) is 0 Å². The van der Waals surface area contributed by atoms with E-state index in [9.17, 15) is 10.1 Å². The van der Waals surface area contributed by atoms with Gasteiger partial charge in [-0.2, -0.15) is 0 Å². The first-order valence-corrected chi connectivity index (χ1v) is 4.50. The number of para-hydroxylation sites is 1. The Hall–Kier alpha value is -1.03. The molecular weight excluding hydrogens is 284 g/mol. The Morgan fingerprint density at radius 2 is 1.38 bits per heavy atom. The molecule has 1 rings (SSSR count). The van der Waals surface area contributed by atoms with Gasteiger partial charge in [-0.3, -0.25) is 18.5 Å². The van der Waals surface area contributed by atoms with E-state index < -0.39 is 15.3 Å². The van der Waals surface area contributed by atoms with Gasteiger partial charge in [-0.15, -0.1) is 0 Å². The van der Waals surface area contributed by atoms with Crippen molar-refractivity contribution in [1.82, 2.24) is 6.15 Å². The maximum absolute atomic E-state index is 10.0. The Kier molecular flexibility index (Phi) is 11.7. The minimum atomic E-state index is -5.17. The smallest absolute Gasteiger partial charge is 0.759 e. The molecule has 0 fully saturated rings. The molecule has 0 bridgehead atoms. The molecular formula is C6H8FeN2O6S. The number of rotatable bonds is 1. The van der Waals surface area contributed by atoms with Gasteiger partial charge in [0.2, 0.25) is 0 Å². The molecule has 0 saturated heterocycles. The molecule has 0 amide bonds. The predicted molar refractivity (Wildman–Crippen MR) is 48.6 cm³/mol. The van der Waals surface area contributed by atoms with Crippen LogP contribution in [0.4, 0.5) is 5.69 Å². The second kappa shape index (κ2) is 9.21. The molecule has 16 heavy (non-hydrogen) atoms. The van der Waals surface area contributed by atoms with Crippen LogP contribution in [-0.4, -0.2) is 22.4 Å². The summed E-state index contributed by atoms with van der Waals surface area (Å²) in [6.45, 7) is 0. The van der Waals surface area contributed by atoms with Crippen molar-refractivity contribution in [2.75, 3.05) is 0 Å². The number of hydrogen-bond donors (Lipinski definition) is 1. The van der Waals surface area contributed by atoms with E-state index in [4.69, 9.17) is 17.5 Å². The minimum absolute atomic E-state index is 0. The second-order valence-electron chi connectivity index (χ2n) is 2.00. The van der Waals surface area contributed by atoms with Gasteiger partial charge in [-0.25, -0.2) is 0 Å². The van der Waals surface area contributed by atoms with Gasteiger partial charge in [0.05, 0.1) is 4.92 Å². The summed E-state index contributed by atoms with van der Waals surface area (Å²) in [4.78, 5) is 9.59. The Morgan fingerprint density at radius 3 is 1.56 bits per heavy atom. The maximum atomic E-state index is 10.0. The van der Waals surface area contributed by atoms with Crippen LogP contribution in [0, 0.1) is 10.1 Å². The van der Waals surface area contributed by atoms with E-state index in [1.165, 1.54) is 12.1 Å². The monoisotopic (exact) mass is 292 g/mol. The summed E-state index contributed by atoms with van der Waals surface area (Å²) < 4.78 is 34.1. The molecule has 0 aliphatic heterocycles. The van der Waals surface area contributed by atoms with Crippen molar-refractivity contribution in [2.45, 2.75) is 0 Å². The standard InChI is InChI=1S/C6H5NO2.Fe.H3N.H2O4S/c8-7(9)6-4-2-1-3-5-6;;;1-5(2,3)4/h1-5H;;1H3;(H2,1,2,3,4)/q;+2;;/p-2. The molecule has 0 spiro atoms. The van der Waals surface area contributed by atoms with E-state index in [1.807, 2.05) is 0 Å². The number of nitro groups is 1. The molecule has 0 radical (unpaired) electrons. The normalized spacial score (nSPS) is 8.62. The summed E-state index contributed by atoms with van der Waals surface area (Å²) >= 11 is 0. The van der Waals surface area contributed by atoms with E-state index in [-0.39, 0.29) is 28.9 Å². The summed E-state index contributed by atoms with van der Waals surface area (Å²) in [6, 6.07) is 7.93. The van der Waals surface area contributed by atoms with Crippen LogP contribution < -0.4 is 6.15 Å². The molecule has 0 aliphatic rings. The molecule has 8 nitrogen and oxygen atoms in total. The number of nitro benzene ring substituents is 1. The van der Waals surface area contributed by atoms with Gasteiger partial charge in [-0.1, -0.05) is 18.2 Å². The quantitative estimate of drug-likeness (QED) is 0.258. The van der Waals surface area contributed by atoms with Crippen LogP contribution in [0.3, 0.4) is 0 Å². The average Bonchev–Trinajstić information content (AvgIpc) is 2.03. The van der Waals surface area contributed by atoms with Crippen LogP contribution >= 0.6 is 0 Å². The summed E-state index contributed by atoms with van der Waals surface area (Å²) in [7, 11) is -5.17. The van der Waals surface area contributed by atoms with Gasteiger partial charge in [0, 0.05) is 22.5 Å². The first-order chi connectivity index (χ1) is 6.30. The van der Waals surface area contributed by atoms with Crippen LogP contribution in [0.1, 0.15) is 0 Å². The SMILES string of the molecule is N.O=S(=O)([O-])[O-].O=[N+]([O-])c1ccccc1.[Fe+2]. The minimum Gasteiger partial charge on any atom is -0.759 e. The average molecular weight is 292 g/mol. The zero-order chi connectivity index (χ0) is 11.2. The Morgan fingerprint density at radius 1 is 1.06 bits per heavy atom. The van der Waals surface area contributed by atoms with Crippen molar-refractivity contribution in [2.24, 2.45) is 0 Å². The van der Waals surface area contributed by atoms with Crippen LogP contribution in [0.15, 0.2) is 30.3 Å². The van der Waals surface area contributed by atoms with Gasteiger partial charge in [0.25, 0.3) is 5.69 Å². The largest absolute Gasteiger partial charge is 2.00 e. The summed E-state index contributed by atoms with van der Waals surface area (Å²) in [6.07, 6.45) is 0. The third kappa shape index (κ3) is 15.4. The van der Waals surface area contributed by atoms with E-state index in [0.29, 0.717) is 0 Å². The zero-order valence-electron chi connectivity index (χ0n) is 7.75. The van der Waals surface area contributed by atoms with Gasteiger partial charge < -0.3 is 15.3 Å². The molecule has 0 atom stereocenters. The number of nitrogens with zero attached hydrogens (tertiary/aromatic N) is 1. The topological polar surface area (TPSA) is 158 Å². The molecule has 10 heteroatoms. The predicted octanol–water partition coefficient (Wildman–Crippen LogP) is 0.416. The number of hydrogen-bond acceptors (Lipinski definition) is 7. The van der Waals surface area contributed by atoms with Crippen molar-refractivity contribution in [3.8, 4) is 0 Å². The molecule has 0 unspecified atom stereocenters. The number of non-ortho nitro benzene ring substituents is 1. The Bertz CT molecular complexity index is 387. The molecule has 0 heterocycles. The van der Waals surface area contributed by atoms with E-state index in [1.54, 1.807) is 18.2 Å². The number of benzene rings is 1. The van der Waals surface area contributed by atoms with Crippen LogP contribution in [-0.2, 0) is 27.5 Å². The fourth-order valence-corrected chi connectivity index (χ4v) is 0.550. The second-order valence-corrected chi connectivity index (χ2v) is 2.82. The Labute approximate surface area is 102 Å². The zero-order valence-corrected chi connectivity index (χ0v) is 9.67. The summed E-state index contributed by atoms with van der Waals surface area (Å²) in [5, 5.41) is 10.0. The summed E-state index contributed by atoms with van der Waals surface area (Å²) in [5.41, 5.74) is 0.137. The van der Waals surface area contributed by atoms with Crippen molar-refractivity contribution < 1.29 is 39.5 Å². The van der Waals surface area contributed by atoms with Crippen molar-refractivity contribution in [1.29, 1.82) is 0 Å². The van der Waals surface area contributed by atoms with Crippen molar-refractivity contribution in [3.63, 3.8) is 0 Å². The van der Waals surface area contributed by atoms with Crippen LogP contribution in [0.5, 0.6) is 0 Å². The molecule has 0 saturated carbocycles. The molecule has 1 aromatic carbocycles. The summed E-state index contributed by atoms with van der Waals surface area (Å²) in [5.74, 6) is 0. The van der Waals surface area contributed by atoms with Crippen molar-refractivity contribution in [3.05, 3.63) is 40.4 Å². The van der Waals surface area contributed by atoms with Gasteiger partial charge in [0.15, 0.2) is 0 Å². The molecule has 1 aromatic rings. The first-order valence-electron chi connectivity index (χ1n) is 3.17. The third-order valence-corrected chi connectivity index (χ3v) is 0.967. The van der Waals surface area contributed by atoms with E-state index >= 15 is 0 Å². The molecule has 0 aliphatic carbocycles. The van der Waals surface area contributed by atoms with Gasteiger partial charge in [0.1, 0.15) is 0 Å². The molecule has 0 aromatic heterocycles. The molecule has 3 N–H and O–H groups in total. The fraction of sp³-hybridized carbons (Fsp3) is 0. The van der Waals surface area contributed by atoms with Gasteiger partial charge >= 0.3 is 17.1 Å². The van der Waals surface area contributed by atoms with Crippen LogP contribution in [0.25, 0.3) is 0 Å². The van der Waals surface area contributed by atoms with Gasteiger partial charge in [-0.05, 0) is 0 Å². The molecule has 92 valence electrons. The first kappa shape index (κ1) is 20.4. The Balaban J connectivity index is -0.000000214. The maximum Gasteiger partial charge on any atom is 2.00 e. The van der Waals surface area contributed by atoms with E-state index in [0.717, 1.165) is 0 Å². The third-order valence-electron chi connectivity index (χ3n) is 0.967. The van der Waals surface area contributed by atoms with Crippen molar-refractivity contribution >= 4 is 16.1 Å². The fourth-order valence-electron chi connectivity index (χ4n) is 0.550. The van der Waals surface area contributed by atoms with E-state index in [2.05, 4.69) is 0 Å².